The molecule has 1 fully saturated rings. The fraction of sp³-hybridized carbons (Fsp3) is 1.00. The van der Waals surface area contributed by atoms with Gasteiger partial charge < -0.3 is 5.32 Å². The minimum atomic E-state index is 0.553. The van der Waals surface area contributed by atoms with E-state index in [4.69, 9.17) is 0 Å². The van der Waals surface area contributed by atoms with Gasteiger partial charge in [-0.25, -0.2) is 0 Å². The van der Waals surface area contributed by atoms with Gasteiger partial charge in [-0.15, -0.1) is 0 Å². The lowest BCUT2D eigenvalue weighted by Crippen LogP contribution is -2.37. The number of hydrogen-bond acceptors (Lipinski definition) is 2. The normalized spacial score (nSPS) is 36.8. The lowest BCUT2D eigenvalue weighted by molar-refractivity contribution is 0.388. The standard InChI is InChI=1S/C10H21NS/c1-6(2)8-5-9(12)10(11-8)7(3)4/h6-12H,5H2,1-4H3. The summed E-state index contributed by atoms with van der Waals surface area (Å²) in [4.78, 5) is 0. The molecule has 72 valence electrons. The largest absolute Gasteiger partial charge is 0.310 e. The molecular weight excluding hydrogens is 166 g/mol. The minimum Gasteiger partial charge on any atom is -0.310 e. The molecular formula is C10H21NS. The first kappa shape index (κ1) is 10.4. The summed E-state index contributed by atoms with van der Waals surface area (Å²) in [6.45, 7) is 9.09. The highest BCUT2D eigenvalue weighted by Crippen LogP contribution is 2.27. The summed E-state index contributed by atoms with van der Waals surface area (Å²) in [5.41, 5.74) is 0. The highest BCUT2D eigenvalue weighted by Gasteiger charge is 2.34. The van der Waals surface area contributed by atoms with Crippen LogP contribution in [0.25, 0.3) is 0 Å². The predicted molar refractivity (Wildman–Crippen MR) is 57.8 cm³/mol. The van der Waals surface area contributed by atoms with Crippen molar-refractivity contribution in [2.75, 3.05) is 0 Å². The van der Waals surface area contributed by atoms with Crippen LogP contribution < -0.4 is 5.32 Å². The van der Waals surface area contributed by atoms with E-state index in [-0.39, 0.29) is 0 Å². The molecule has 3 unspecified atom stereocenters. The van der Waals surface area contributed by atoms with E-state index < -0.39 is 0 Å². The fourth-order valence-electron chi connectivity index (χ4n) is 1.93. The van der Waals surface area contributed by atoms with Gasteiger partial charge in [0.05, 0.1) is 0 Å². The molecule has 1 saturated heterocycles. The van der Waals surface area contributed by atoms with Gasteiger partial charge in [-0.2, -0.15) is 12.6 Å². The maximum Gasteiger partial charge on any atom is 0.0210 e. The van der Waals surface area contributed by atoms with E-state index in [1.54, 1.807) is 0 Å². The molecule has 1 rings (SSSR count). The summed E-state index contributed by atoms with van der Waals surface area (Å²) in [6.07, 6.45) is 1.23. The van der Waals surface area contributed by atoms with Crippen molar-refractivity contribution in [2.45, 2.75) is 51.4 Å². The molecule has 0 aromatic rings. The van der Waals surface area contributed by atoms with Gasteiger partial charge >= 0.3 is 0 Å². The van der Waals surface area contributed by atoms with Crippen LogP contribution in [0.3, 0.4) is 0 Å². The molecule has 1 nitrogen and oxygen atoms in total. The molecule has 0 spiro atoms. The van der Waals surface area contributed by atoms with Crippen LogP contribution in [0.1, 0.15) is 34.1 Å². The number of nitrogens with one attached hydrogen (secondary N) is 1. The Kier molecular flexibility index (Phi) is 3.47. The van der Waals surface area contributed by atoms with E-state index in [2.05, 4.69) is 45.6 Å². The summed E-state index contributed by atoms with van der Waals surface area (Å²) in [5.74, 6) is 1.44. The maximum atomic E-state index is 4.62. The quantitative estimate of drug-likeness (QED) is 0.632. The number of thiol groups is 1. The van der Waals surface area contributed by atoms with Gasteiger partial charge in [0.1, 0.15) is 0 Å². The van der Waals surface area contributed by atoms with Gasteiger partial charge in [0.2, 0.25) is 0 Å². The van der Waals surface area contributed by atoms with Crippen LogP contribution in [0.2, 0.25) is 0 Å². The zero-order chi connectivity index (χ0) is 9.30. The minimum absolute atomic E-state index is 0.553. The van der Waals surface area contributed by atoms with Gasteiger partial charge in [0.15, 0.2) is 0 Å². The van der Waals surface area contributed by atoms with E-state index in [1.807, 2.05) is 0 Å². The SMILES string of the molecule is CC(C)C1CC(S)C(C(C)C)N1. The van der Waals surface area contributed by atoms with Crippen molar-refractivity contribution in [2.24, 2.45) is 11.8 Å². The van der Waals surface area contributed by atoms with Crippen molar-refractivity contribution in [1.82, 2.24) is 5.32 Å². The molecule has 0 bridgehead atoms. The van der Waals surface area contributed by atoms with Gasteiger partial charge in [0.25, 0.3) is 0 Å². The second-order valence-electron chi connectivity index (χ2n) is 4.59. The van der Waals surface area contributed by atoms with Crippen LogP contribution in [-0.4, -0.2) is 17.3 Å². The Labute approximate surface area is 81.7 Å². The first-order chi connectivity index (χ1) is 5.52. The Bertz CT molecular complexity index is 145. The average Bonchev–Trinajstić information content (AvgIpc) is 2.30. The molecule has 1 heterocycles. The van der Waals surface area contributed by atoms with Gasteiger partial charge in [-0.05, 0) is 18.3 Å². The van der Waals surface area contributed by atoms with Crippen molar-refractivity contribution in [3.8, 4) is 0 Å². The molecule has 12 heavy (non-hydrogen) atoms. The first-order valence-electron chi connectivity index (χ1n) is 4.96. The molecule has 1 aliphatic rings. The van der Waals surface area contributed by atoms with Gasteiger partial charge in [-0.3, -0.25) is 0 Å². The Hall–Kier alpha value is 0.310. The van der Waals surface area contributed by atoms with Crippen molar-refractivity contribution in [3.05, 3.63) is 0 Å². The van der Waals surface area contributed by atoms with Crippen LogP contribution >= 0.6 is 12.6 Å². The second-order valence-corrected chi connectivity index (χ2v) is 5.25. The molecule has 0 aromatic carbocycles. The topological polar surface area (TPSA) is 12.0 Å². The maximum absolute atomic E-state index is 4.62. The summed E-state index contributed by atoms with van der Waals surface area (Å²) in [7, 11) is 0. The third kappa shape index (κ3) is 2.17. The van der Waals surface area contributed by atoms with E-state index in [0.29, 0.717) is 23.3 Å². The molecule has 0 aliphatic carbocycles. The third-order valence-corrected chi connectivity index (χ3v) is 3.37. The molecule has 0 saturated carbocycles. The molecule has 0 radical (unpaired) electrons. The zero-order valence-corrected chi connectivity index (χ0v) is 9.44. The van der Waals surface area contributed by atoms with Crippen molar-refractivity contribution in [3.63, 3.8) is 0 Å². The van der Waals surface area contributed by atoms with Crippen molar-refractivity contribution < 1.29 is 0 Å². The highest BCUT2D eigenvalue weighted by molar-refractivity contribution is 7.81. The Morgan fingerprint density at radius 3 is 2.00 bits per heavy atom. The smallest absolute Gasteiger partial charge is 0.0210 e. The lowest BCUT2D eigenvalue weighted by atomic mass is 10.0. The van der Waals surface area contributed by atoms with Crippen LogP contribution in [0.4, 0.5) is 0 Å². The average molecular weight is 187 g/mol. The third-order valence-electron chi connectivity index (χ3n) is 2.84. The van der Waals surface area contributed by atoms with E-state index >= 15 is 0 Å². The molecule has 2 heteroatoms. The van der Waals surface area contributed by atoms with Crippen LogP contribution in [0.15, 0.2) is 0 Å². The monoisotopic (exact) mass is 187 g/mol. The van der Waals surface area contributed by atoms with Gasteiger partial charge in [0, 0.05) is 17.3 Å². The van der Waals surface area contributed by atoms with Crippen LogP contribution in [0.5, 0.6) is 0 Å². The van der Waals surface area contributed by atoms with Crippen molar-refractivity contribution in [1.29, 1.82) is 0 Å². The molecule has 1 aliphatic heterocycles. The van der Waals surface area contributed by atoms with Crippen LogP contribution in [0, 0.1) is 11.8 Å². The number of hydrogen-bond donors (Lipinski definition) is 2. The molecule has 3 atom stereocenters. The van der Waals surface area contributed by atoms with Crippen molar-refractivity contribution >= 4 is 12.6 Å². The first-order valence-corrected chi connectivity index (χ1v) is 5.48. The Morgan fingerprint density at radius 1 is 1.17 bits per heavy atom. The summed E-state index contributed by atoms with van der Waals surface area (Å²) < 4.78 is 0. The van der Waals surface area contributed by atoms with Gasteiger partial charge in [-0.1, -0.05) is 27.7 Å². The highest BCUT2D eigenvalue weighted by atomic mass is 32.1. The predicted octanol–water partition coefficient (Wildman–Crippen LogP) is 2.33. The van der Waals surface area contributed by atoms with Crippen LogP contribution in [-0.2, 0) is 0 Å². The number of rotatable bonds is 2. The molecule has 0 aromatic heterocycles. The Morgan fingerprint density at radius 2 is 1.75 bits per heavy atom. The Balaban J connectivity index is 2.50. The summed E-state index contributed by atoms with van der Waals surface area (Å²) in [5, 5.41) is 4.22. The molecule has 0 amide bonds. The lowest BCUT2D eigenvalue weighted by Gasteiger charge is -2.20. The fourth-order valence-corrected chi connectivity index (χ4v) is 2.59. The second kappa shape index (κ2) is 4.01. The zero-order valence-electron chi connectivity index (χ0n) is 8.54. The summed E-state index contributed by atoms with van der Waals surface area (Å²) in [6, 6.07) is 1.29. The molecule has 1 N–H and O–H groups in total. The summed E-state index contributed by atoms with van der Waals surface area (Å²) >= 11 is 4.62. The van der Waals surface area contributed by atoms with E-state index in [0.717, 1.165) is 5.92 Å². The van der Waals surface area contributed by atoms with E-state index in [9.17, 15) is 0 Å². The van der Waals surface area contributed by atoms with E-state index in [1.165, 1.54) is 6.42 Å².